The normalized spacial score (nSPS) is 20.3. The summed E-state index contributed by atoms with van der Waals surface area (Å²) in [6.45, 7) is 0. The number of nitrogens with one attached hydrogen (secondary N) is 1. The van der Waals surface area contributed by atoms with E-state index in [0.29, 0.717) is 43.5 Å². The number of hydrogen-bond donors (Lipinski definition) is 1. The third-order valence-corrected chi connectivity index (χ3v) is 5.80. The van der Waals surface area contributed by atoms with Gasteiger partial charge in [-0.3, -0.25) is 4.98 Å². The van der Waals surface area contributed by atoms with Crippen molar-refractivity contribution >= 4 is 10.0 Å². The van der Waals surface area contributed by atoms with Crippen LogP contribution in [-0.2, 0) is 10.0 Å². The summed E-state index contributed by atoms with van der Waals surface area (Å²) in [5, 5.41) is 0. The van der Waals surface area contributed by atoms with Crippen molar-refractivity contribution in [2.75, 3.05) is 7.11 Å². The van der Waals surface area contributed by atoms with Crippen molar-refractivity contribution in [1.82, 2.24) is 14.7 Å². The Morgan fingerprint density at radius 2 is 1.78 bits per heavy atom. The Bertz CT molecular complexity index is 903. The monoisotopic (exact) mass is 399 g/mol. The molecular weight excluding hydrogens is 380 g/mol. The topological polar surface area (TPSA) is 90.4 Å². The number of nitrogens with zero attached hydrogens (tertiary/aromatic N) is 2. The second-order valence-electron chi connectivity index (χ2n) is 6.19. The van der Waals surface area contributed by atoms with Crippen LogP contribution in [0.1, 0.15) is 25.7 Å². The van der Waals surface area contributed by atoms with E-state index in [0.717, 1.165) is 12.1 Å². The van der Waals surface area contributed by atoms with Crippen molar-refractivity contribution in [1.29, 1.82) is 0 Å². The van der Waals surface area contributed by atoms with E-state index in [2.05, 4.69) is 14.7 Å². The molecule has 0 radical (unpaired) electrons. The molecule has 1 aromatic heterocycles. The Balaban J connectivity index is 1.56. The predicted octanol–water partition coefficient (Wildman–Crippen LogP) is 2.43. The van der Waals surface area contributed by atoms with Gasteiger partial charge in [-0.2, -0.15) is 4.98 Å². The summed E-state index contributed by atoms with van der Waals surface area (Å²) in [6.07, 6.45) is 5.16. The van der Waals surface area contributed by atoms with Crippen LogP contribution in [-0.4, -0.2) is 37.6 Å². The second kappa shape index (κ2) is 8.13. The summed E-state index contributed by atoms with van der Waals surface area (Å²) in [5.74, 6) is -1.60. The van der Waals surface area contributed by atoms with Gasteiger partial charge in [0.05, 0.1) is 24.4 Å². The maximum Gasteiger partial charge on any atom is 0.240 e. The molecule has 0 spiro atoms. The van der Waals surface area contributed by atoms with Gasteiger partial charge in [0.1, 0.15) is 6.10 Å². The van der Waals surface area contributed by atoms with Crippen molar-refractivity contribution < 1.29 is 26.7 Å². The fraction of sp³-hybridized carbons (Fsp3) is 0.412. The predicted molar refractivity (Wildman–Crippen MR) is 91.9 cm³/mol. The Kier molecular flexibility index (Phi) is 5.85. The fourth-order valence-electron chi connectivity index (χ4n) is 2.89. The van der Waals surface area contributed by atoms with Gasteiger partial charge in [0.2, 0.25) is 21.8 Å². The molecule has 146 valence electrons. The third-order valence-electron chi connectivity index (χ3n) is 4.28. The molecule has 3 rings (SSSR count). The highest BCUT2D eigenvalue weighted by Crippen LogP contribution is 2.25. The first kappa shape index (κ1) is 19.4. The molecule has 0 aliphatic heterocycles. The SMILES string of the molecule is COc1cncc(OC2CCC(NS(=O)(=O)c3ccc(F)c(F)c3)CC2)n1. The molecule has 0 amide bonds. The van der Waals surface area contributed by atoms with Crippen LogP contribution in [0.15, 0.2) is 35.5 Å². The lowest BCUT2D eigenvalue weighted by Crippen LogP contribution is -2.39. The molecule has 1 aromatic carbocycles. The lowest BCUT2D eigenvalue weighted by atomic mass is 9.94. The van der Waals surface area contributed by atoms with Gasteiger partial charge in [-0.1, -0.05) is 0 Å². The van der Waals surface area contributed by atoms with E-state index in [-0.39, 0.29) is 17.0 Å². The zero-order valence-corrected chi connectivity index (χ0v) is 15.4. The minimum atomic E-state index is -3.92. The minimum absolute atomic E-state index is 0.115. The molecule has 0 saturated heterocycles. The minimum Gasteiger partial charge on any atom is -0.480 e. The number of benzene rings is 1. The highest BCUT2D eigenvalue weighted by Gasteiger charge is 2.27. The van der Waals surface area contributed by atoms with E-state index in [9.17, 15) is 17.2 Å². The van der Waals surface area contributed by atoms with Gasteiger partial charge in [0.15, 0.2) is 11.6 Å². The number of aromatic nitrogens is 2. The molecule has 1 fully saturated rings. The van der Waals surface area contributed by atoms with Crippen LogP contribution < -0.4 is 14.2 Å². The van der Waals surface area contributed by atoms with Gasteiger partial charge in [-0.15, -0.1) is 0 Å². The first-order valence-electron chi connectivity index (χ1n) is 8.37. The Morgan fingerprint density at radius 1 is 1.07 bits per heavy atom. The van der Waals surface area contributed by atoms with Crippen molar-refractivity contribution in [3.63, 3.8) is 0 Å². The number of hydrogen-bond acceptors (Lipinski definition) is 6. The molecule has 0 atom stereocenters. The quantitative estimate of drug-likeness (QED) is 0.802. The molecule has 2 aromatic rings. The summed E-state index contributed by atoms with van der Waals surface area (Å²) < 4.78 is 64.3. The summed E-state index contributed by atoms with van der Waals surface area (Å²) in [7, 11) is -2.44. The van der Waals surface area contributed by atoms with E-state index in [1.807, 2.05) is 0 Å². The maximum atomic E-state index is 13.3. The first-order chi connectivity index (χ1) is 12.9. The number of rotatable bonds is 6. The van der Waals surface area contributed by atoms with E-state index < -0.39 is 21.7 Å². The summed E-state index contributed by atoms with van der Waals surface area (Å²) in [6, 6.07) is 2.20. The average molecular weight is 399 g/mol. The van der Waals surface area contributed by atoms with E-state index in [1.54, 1.807) is 0 Å². The first-order valence-corrected chi connectivity index (χ1v) is 9.86. The molecule has 1 aliphatic rings. The number of ether oxygens (including phenoxy) is 2. The van der Waals surface area contributed by atoms with Crippen LogP contribution in [0, 0.1) is 11.6 Å². The van der Waals surface area contributed by atoms with Gasteiger partial charge in [-0.05, 0) is 43.9 Å². The van der Waals surface area contributed by atoms with Crippen LogP contribution in [0.25, 0.3) is 0 Å². The Labute approximate surface area is 155 Å². The largest absolute Gasteiger partial charge is 0.480 e. The summed E-state index contributed by atoms with van der Waals surface area (Å²) in [5.41, 5.74) is 0. The number of halogens is 2. The molecule has 0 bridgehead atoms. The van der Waals surface area contributed by atoms with Crippen molar-refractivity contribution in [2.24, 2.45) is 0 Å². The second-order valence-corrected chi connectivity index (χ2v) is 7.90. The maximum absolute atomic E-state index is 13.3. The standard InChI is InChI=1S/C17H19F2N3O4S/c1-25-16-9-20-10-17(21-16)26-12-4-2-11(3-5-12)22-27(23,24)13-6-7-14(18)15(19)8-13/h6-12,22H,2-5H2,1H3. The molecule has 27 heavy (non-hydrogen) atoms. The third kappa shape index (κ3) is 4.89. The Hall–Kier alpha value is -2.33. The highest BCUT2D eigenvalue weighted by molar-refractivity contribution is 7.89. The smallest absolute Gasteiger partial charge is 0.240 e. The highest BCUT2D eigenvalue weighted by atomic mass is 32.2. The van der Waals surface area contributed by atoms with Crippen molar-refractivity contribution in [3.05, 3.63) is 42.2 Å². The van der Waals surface area contributed by atoms with Gasteiger partial charge in [-0.25, -0.2) is 21.9 Å². The lowest BCUT2D eigenvalue weighted by Gasteiger charge is -2.29. The fourth-order valence-corrected chi connectivity index (χ4v) is 4.20. The van der Waals surface area contributed by atoms with E-state index in [4.69, 9.17) is 9.47 Å². The molecule has 1 heterocycles. The number of methoxy groups -OCH3 is 1. The summed E-state index contributed by atoms with van der Waals surface area (Å²) >= 11 is 0. The van der Waals surface area contributed by atoms with Gasteiger partial charge >= 0.3 is 0 Å². The Morgan fingerprint density at radius 3 is 2.44 bits per heavy atom. The lowest BCUT2D eigenvalue weighted by molar-refractivity contribution is 0.136. The van der Waals surface area contributed by atoms with Crippen LogP contribution in [0.3, 0.4) is 0 Å². The van der Waals surface area contributed by atoms with Crippen molar-refractivity contribution in [2.45, 2.75) is 42.7 Å². The molecule has 0 unspecified atom stereocenters. The summed E-state index contributed by atoms with van der Waals surface area (Å²) in [4.78, 5) is 7.80. The van der Waals surface area contributed by atoms with E-state index >= 15 is 0 Å². The molecule has 1 N–H and O–H groups in total. The van der Waals surface area contributed by atoms with Crippen molar-refractivity contribution in [3.8, 4) is 11.8 Å². The van der Waals surface area contributed by atoms with Gasteiger partial charge in [0.25, 0.3) is 0 Å². The van der Waals surface area contributed by atoms with Crippen LogP contribution in [0.5, 0.6) is 11.8 Å². The van der Waals surface area contributed by atoms with Gasteiger partial charge in [0, 0.05) is 6.04 Å². The van der Waals surface area contributed by atoms with E-state index in [1.165, 1.54) is 19.5 Å². The zero-order valence-electron chi connectivity index (χ0n) is 14.6. The molecule has 10 heteroatoms. The zero-order chi connectivity index (χ0) is 19.4. The average Bonchev–Trinajstić information content (AvgIpc) is 2.65. The van der Waals surface area contributed by atoms with Gasteiger partial charge < -0.3 is 9.47 Å². The molecule has 1 aliphatic carbocycles. The molecule has 7 nitrogen and oxygen atoms in total. The molecular formula is C17H19F2N3O4S. The van der Waals surface area contributed by atoms with Crippen LogP contribution in [0.2, 0.25) is 0 Å². The molecule has 1 saturated carbocycles. The number of sulfonamides is 1. The van der Waals surface area contributed by atoms with Crippen LogP contribution >= 0.6 is 0 Å². The van der Waals surface area contributed by atoms with Crippen LogP contribution in [0.4, 0.5) is 8.78 Å².